The highest BCUT2D eigenvalue weighted by molar-refractivity contribution is 5.76. The van der Waals surface area contributed by atoms with Gasteiger partial charge in [0.25, 0.3) is 6.43 Å². The lowest BCUT2D eigenvalue weighted by Gasteiger charge is -2.09. The van der Waals surface area contributed by atoms with Gasteiger partial charge >= 0.3 is 5.97 Å². The number of methoxy groups -OCH3 is 1. The second-order valence-electron chi connectivity index (χ2n) is 3.12. The summed E-state index contributed by atoms with van der Waals surface area (Å²) in [5.41, 5.74) is 4.56. The van der Waals surface area contributed by atoms with Crippen LogP contribution in [0.5, 0.6) is 0 Å². The van der Waals surface area contributed by atoms with Crippen LogP contribution in [-0.2, 0) is 16.0 Å². The summed E-state index contributed by atoms with van der Waals surface area (Å²) in [6.45, 7) is 0. The molecule has 0 aliphatic heterocycles. The van der Waals surface area contributed by atoms with Crippen LogP contribution < -0.4 is 5.73 Å². The van der Waals surface area contributed by atoms with Gasteiger partial charge in [-0.05, 0) is 0 Å². The van der Waals surface area contributed by atoms with Crippen molar-refractivity contribution < 1.29 is 18.3 Å². The Labute approximate surface area is 95.8 Å². The lowest BCUT2D eigenvalue weighted by atomic mass is 10.0. The van der Waals surface area contributed by atoms with Crippen LogP contribution in [0.25, 0.3) is 0 Å². The number of carbonyl (C=O) groups is 1. The lowest BCUT2D eigenvalue weighted by Crippen LogP contribution is -2.11. The predicted octanol–water partition coefficient (Wildman–Crippen LogP) is 1.19. The van der Waals surface area contributed by atoms with Gasteiger partial charge in [-0.3, -0.25) is 4.79 Å². The van der Waals surface area contributed by atoms with E-state index in [0.717, 1.165) is 13.3 Å². The first-order chi connectivity index (χ1) is 8.01. The average molecular weight is 241 g/mol. The zero-order valence-corrected chi connectivity index (χ0v) is 8.91. The highest BCUT2D eigenvalue weighted by Gasteiger charge is 2.21. The van der Waals surface area contributed by atoms with E-state index in [1.807, 2.05) is 0 Å². The number of aromatic nitrogens is 1. The molecule has 0 unspecified atom stereocenters. The Morgan fingerprint density at radius 2 is 2.35 bits per heavy atom. The van der Waals surface area contributed by atoms with E-state index in [-0.39, 0.29) is 23.4 Å². The highest BCUT2D eigenvalue weighted by atomic mass is 19.3. The summed E-state index contributed by atoms with van der Waals surface area (Å²) < 4.78 is 29.6. The molecular weight excluding hydrogens is 232 g/mol. The summed E-state index contributed by atoms with van der Waals surface area (Å²) >= 11 is 0. The Balaban J connectivity index is 3.32. The van der Waals surface area contributed by atoms with Crippen LogP contribution in [0, 0.1) is 11.3 Å². The van der Waals surface area contributed by atoms with Crippen molar-refractivity contribution in [3.8, 4) is 6.07 Å². The van der Waals surface area contributed by atoms with Crippen molar-refractivity contribution in [2.75, 3.05) is 12.8 Å². The van der Waals surface area contributed by atoms with Crippen LogP contribution in [0.2, 0.25) is 0 Å². The molecule has 0 aliphatic carbocycles. The molecule has 0 saturated heterocycles. The van der Waals surface area contributed by atoms with Crippen molar-refractivity contribution in [3.05, 3.63) is 22.9 Å². The zero-order chi connectivity index (χ0) is 13.0. The van der Waals surface area contributed by atoms with Gasteiger partial charge in [-0.1, -0.05) is 0 Å². The van der Waals surface area contributed by atoms with E-state index >= 15 is 0 Å². The Hall–Kier alpha value is -2.23. The smallest absolute Gasteiger partial charge is 0.310 e. The summed E-state index contributed by atoms with van der Waals surface area (Å²) in [6, 6.07) is 1.61. The first-order valence-corrected chi connectivity index (χ1v) is 4.53. The number of ether oxygens (including phenoxy) is 1. The van der Waals surface area contributed by atoms with Crippen molar-refractivity contribution in [3.63, 3.8) is 0 Å². The number of nitrogen functional groups attached to an aromatic ring is 1. The molecule has 0 atom stereocenters. The van der Waals surface area contributed by atoms with E-state index in [0.29, 0.717) is 0 Å². The summed E-state index contributed by atoms with van der Waals surface area (Å²) in [7, 11) is 1.15. The Morgan fingerprint density at radius 1 is 1.71 bits per heavy atom. The molecule has 2 N–H and O–H groups in total. The number of rotatable bonds is 3. The monoisotopic (exact) mass is 241 g/mol. The largest absolute Gasteiger partial charge is 0.469 e. The average Bonchev–Trinajstić information content (AvgIpc) is 2.30. The number of hydrogen-bond acceptors (Lipinski definition) is 5. The van der Waals surface area contributed by atoms with Gasteiger partial charge in [0.05, 0.1) is 24.7 Å². The molecule has 17 heavy (non-hydrogen) atoms. The Morgan fingerprint density at radius 3 is 2.82 bits per heavy atom. The fourth-order valence-corrected chi connectivity index (χ4v) is 1.28. The van der Waals surface area contributed by atoms with Crippen LogP contribution >= 0.6 is 0 Å². The summed E-state index contributed by atoms with van der Waals surface area (Å²) in [6.07, 6.45) is -2.38. The Bertz CT molecular complexity index is 483. The topological polar surface area (TPSA) is 89.0 Å². The van der Waals surface area contributed by atoms with Crippen molar-refractivity contribution in [1.29, 1.82) is 5.26 Å². The van der Waals surface area contributed by atoms with Crippen LogP contribution in [0.15, 0.2) is 6.20 Å². The minimum Gasteiger partial charge on any atom is -0.469 e. The SMILES string of the molecule is COC(=O)Cc1c(N)ncc(C(F)F)c1C#N. The number of nitrogens with two attached hydrogens (primary N) is 1. The van der Waals surface area contributed by atoms with Crippen molar-refractivity contribution in [1.82, 2.24) is 4.98 Å². The van der Waals surface area contributed by atoms with Crippen LogP contribution in [0.4, 0.5) is 14.6 Å². The molecule has 1 heterocycles. The van der Waals surface area contributed by atoms with E-state index in [4.69, 9.17) is 11.0 Å². The van der Waals surface area contributed by atoms with Crippen molar-refractivity contribution >= 4 is 11.8 Å². The first-order valence-electron chi connectivity index (χ1n) is 4.53. The molecule has 0 aromatic carbocycles. The van der Waals surface area contributed by atoms with Crippen molar-refractivity contribution in [2.45, 2.75) is 12.8 Å². The molecule has 0 aliphatic rings. The third-order valence-corrected chi connectivity index (χ3v) is 2.14. The van der Waals surface area contributed by atoms with Crippen LogP contribution in [-0.4, -0.2) is 18.1 Å². The van der Waals surface area contributed by atoms with Gasteiger partial charge in [-0.2, -0.15) is 5.26 Å². The van der Waals surface area contributed by atoms with Gasteiger partial charge in [0.2, 0.25) is 0 Å². The number of alkyl halides is 2. The second-order valence-corrected chi connectivity index (χ2v) is 3.12. The molecule has 90 valence electrons. The molecule has 0 fully saturated rings. The fraction of sp³-hybridized carbons (Fsp3) is 0.300. The second kappa shape index (κ2) is 5.21. The van der Waals surface area contributed by atoms with E-state index < -0.39 is 18.0 Å². The summed E-state index contributed by atoms with van der Waals surface area (Å²) in [5.74, 6) is -0.808. The molecule has 5 nitrogen and oxygen atoms in total. The number of carbonyl (C=O) groups excluding carboxylic acids is 1. The molecule has 1 aromatic heterocycles. The number of esters is 1. The maximum Gasteiger partial charge on any atom is 0.310 e. The third kappa shape index (κ3) is 2.66. The lowest BCUT2D eigenvalue weighted by molar-refractivity contribution is -0.139. The molecule has 0 amide bonds. The first kappa shape index (κ1) is 12.8. The van der Waals surface area contributed by atoms with E-state index in [2.05, 4.69) is 9.72 Å². The highest BCUT2D eigenvalue weighted by Crippen LogP contribution is 2.27. The zero-order valence-electron chi connectivity index (χ0n) is 8.91. The van der Waals surface area contributed by atoms with Gasteiger partial charge < -0.3 is 10.5 Å². The molecule has 0 bridgehead atoms. The number of nitriles is 1. The summed E-state index contributed by atoms with van der Waals surface area (Å²) in [4.78, 5) is 14.6. The standard InChI is InChI=1S/C10H9F2N3O2/c1-17-8(16)2-5-6(3-13)7(9(11)12)4-15-10(5)14/h4,9H,2H2,1H3,(H2,14,15). The summed E-state index contributed by atoms with van der Waals surface area (Å²) in [5, 5.41) is 8.84. The third-order valence-electron chi connectivity index (χ3n) is 2.14. The molecule has 7 heteroatoms. The van der Waals surface area contributed by atoms with Crippen LogP contribution in [0.1, 0.15) is 23.1 Å². The quantitative estimate of drug-likeness (QED) is 0.803. The number of anilines is 1. The van der Waals surface area contributed by atoms with E-state index in [1.54, 1.807) is 6.07 Å². The van der Waals surface area contributed by atoms with E-state index in [1.165, 1.54) is 0 Å². The number of pyridine rings is 1. The Kier molecular flexibility index (Phi) is 3.93. The van der Waals surface area contributed by atoms with Gasteiger partial charge in [0, 0.05) is 11.8 Å². The fourth-order valence-electron chi connectivity index (χ4n) is 1.28. The maximum absolute atomic E-state index is 12.6. The molecule has 0 spiro atoms. The maximum atomic E-state index is 12.6. The van der Waals surface area contributed by atoms with Gasteiger partial charge in [-0.15, -0.1) is 0 Å². The molecule has 1 aromatic rings. The minimum atomic E-state index is -2.85. The normalized spacial score (nSPS) is 10.1. The van der Waals surface area contributed by atoms with Crippen LogP contribution in [0.3, 0.4) is 0 Å². The van der Waals surface area contributed by atoms with Crippen molar-refractivity contribution in [2.24, 2.45) is 0 Å². The number of nitrogens with zero attached hydrogens (tertiary/aromatic N) is 2. The van der Waals surface area contributed by atoms with Gasteiger partial charge in [-0.25, -0.2) is 13.8 Å². The molecule has 0 radical (unpaired) electrons. The molecular formula is C10H9F2N3O2. The predicted molar refractivity (Wildman–Crippen MR) is 54.0 cm³/mol. The minimum absolute atomic E-state index is 0.0304. The molecule has 1 rings (SSSR count). The molecule has 0 saturated carbocycles. The van der Waals surface area contributed by atoms with Gasteiger partial charge in [0.15, 0.2) is 0 Å². The number of hydrogen-bond donors (Lipinski definition) is 1. The van der Waals surface area contributed by atoms with Gasteiger partial charge in [0.1, 0.15) is 11.9 Å². The van der Waals surface area contributed by atoms with E-state index in [9.17, 15) is 13.6 Å². The number of halogens is 2.